The molecule has 36 heavy (non-hydrogen) atoms. The van der Waals surface area contributed by atoms with Gasteiger partial charge in [-0.05, 0) is 55.5 Å². The zero-order valence-electron chi connectivity index (χ0n) is 21.8. The van der Waals surface area contributed by atoms with Crippen molar-refractivity contribution in [2.45, 2.75) is 59.5 Å². The molecule has 0 saturated heterocycles. The van der Waals surface area contributed by atoms with Crippen molar-refractivity contribution in [2.75, 3.05) is 23.7 Å². The Morgan fingerprint density at radius 1 is 1.03 bits per heavy atom. The molecule has 1 unspecified atom stereocenters. The second kappa shape index (κ2) is 13.7. The standard InChI is InChI=1S/C27H38ClN3O4S/c1-6-25(27(33)29-18-20(2)3)30(19-22-11-9-21(4)10-12-22)26(32)8-7-17-31(36(5,34)35)24-15-13-23(28)14-16-24/h9-16,20,25H,6-8,17-19H2,1-5H3,(H,29,33). The molecular weight excluding hydrogens is 498 g/mol. The van der Waals surface area contributed by atoms with Gasteiger partial charge in [0.2, 0.25) is 21.8 Å². The van der Waals surface area contributed by atoms with Crippen molar-refractivity contribution in [2.24, 2.45) is 5.92 Å². The lowest BCUT2D eigenvalue weighted by Gasteiger charge is -2.31. The number of benzene rings is 2. The van der Waals surface area contributed by atoms with Crippen LogP contribution in [-0.2, 0) is 26.2 Å². The lowest BCUT2D eigenvalue weighted by Crippen LogP contribution is -2.49. The maximum absolute atomic E-state index is 13.4. The van der Waals surface area contributed by atoms with Gasteiger partial charge in [-0.2, -0.15) is 0 Å². The summed E-state index contributed by atoms with van der Waals surface area (Å²) in [6.07, 6.45) is 2.03. The maximum atomic E-state index is 13.4. The van der Waals surface area contributed by atoms with E-state index in [1.807, 2.05) is 52.0 Å². The first-order valence-electron chi connectivity index (χ1n) is 12.3. The Kier molecular flexibility index (Phi) is 11.2. The molecule has 1 atom stereocenters. The highest BCUT2D eigenvalue weighted by atomic mass is 35.5. The normalized spacial score (nSPS) is 12.3. The number of rotatable bonds is 13. The van der Waals surface area contributed by atoms with Gasteiger partial charge in [-0.15, -0.1) is 0 Å². The molecule has 198 valence electrons. The third-order valence-electron chi connectivity index (χ3n) is 5.81. The summed E-state index contributed by atoms with van der Waals surface area (Å²) in [5.74, 6) is -0.0696. The molecule has 0 aliphatic rings. The second-order valence-electron chi connectivity index (χ2n) is 9.49. The monoisotopic (exact) mass is 535 g/mol. The van der Waals surface area contributed by atoms with E-state index in [-0.39, 0.29) is 24.8 Å². The number of hydrogen-bond acceptors (Lipinski definition) is 4. The van der Waals surface area contributed by atoms with Crippen LogP contribution in [0.2, 0.25) is 5.02 Å². The molecule has 0 heterocycles. The molecule has 2 amide bonds. The van der Waals surface area contributed by atoms with Gasteiger partial charge in [0, 0.05) is 31.1 Å². The molecule has 0 spiro atoms. The lowest BCUT2D eigenvalue weighted by molar-refractivity contribution is -0.141. The predicted octanol–water partition coefficient (Wildman–Crippen LogP) is 4.77. The van der Waals surface area contributed by atoms with Crippen LogP contribution in [0, 0.1) is 12.8 Å². The Labute approximate surface area is 220 Å². The summed E-state index contributed by atoms with van der Waals surface area (Å²) in [6.45, 7) is 8.90. The summed E-state index contributed by atoms with van der Waals surface area (Å²) in [4.78, 5) is 28.0. The molecule has 2 aromatic carbocycles. The molecule has 0 radical (unpaired) electrons. The van der Waals surface area contributed by atoms with Gasteiger partial charge < -0.3 is 10.2 Å². The third kappa shape index (κ3) is 9.13. The van der Waals surface area contributed by atoms with Crippen LogP contribution in [0.25, 0.3) is 0 Å². The highest BCUT2D eigenvalue weighted by Gasteiger charge is 2.29. The zero-order valence-corrected chi connectivity index (χ0v) is 23.4. The number of halogens is 1. The maximum Gasteiger partial charge on any atom is 0.242 e. The summed E-state index contributed by atoms with van der Waals surface area (Å²) in [5, 5.41) is 3.46. The molecule has 0 aliphatic heterocycles. The summed E-state index contributed by atoms with van der Waals surface area (Å²) < 4.78 is 26.1. The molecule has 9 heteroatoms. The van der Waals surface area contributed by atoms with Crippen LogP contribution in [0.4, 0.5) is 5.69 Å². The SMILES string of the molecule is CCC(C(=O)NCC(C)C)N(Cc1ccc(C)cc1)C(=O)CCCN(c1ccc(Cl)cc1)S(C)(=O)=O. The number of carbonyl (C=O) groups is 2. The minimum absolute atomic E-state index is 0.111. The molecule has 0 aromatic heterocycles. The van der Waals surface area contributed by atoms with E-state index in [0.717, 1.165) is 17.4 Å². The highest BCUT2D eigenvalue weighted by Crippen LogP contribution is 2.22. The van der Waals surface area contributed by atoms with E-state index in [4.69, 9.17) is 11.6 Å². The van der Waals surface area contributed by atoms with E-state index in [9.17, 15) is 18.0 Å². The summed E-state index contributed by atoms with van der Waals surface area (Å²) >= 11 is 5.94. The smallest absolute Gasteiger partial charge is 0.242 e. The Balaban J connectivity index is 2.19. The van der Waals surface area contributed by atoms with Gasteiger partial charge in [0.1, 0.15) is 6.04 Å². The van der Waals surface area contributed by atoms with Crippen LogP contribution >= 0.6 is 11.6 Å². The molecule has 0 aliphatic carbocycles. The van der Waals surface area contributed by atoms with Crippen molar-refractivity contribution in [3.05, 3.63) is 64.7 Å². The van der Waals surface area contributed by atoms with Gasteiger partial charge in [-0.25, -0.2) is 8.42 Å². The number of anilines is 1. The van der Waals surface area contributed by atoms with Gasteiger partial charge in [0.25, 0.3) is 0 Å². The van der Waals surface area contributed by atoms with E-state index >= 15 is 0 Å². The zero-order chi connectivity index (χ0) is 26.9. The summed E-state index contributed by atoms with van der Waals surface area (Å²) in [5.41, 5.74) is 2.54. The third-order valence-corrected chi connectivity index (χ3v) is 7.26. The molecule has 2 aromatic rings. The Morgan fingerprint density at radius 3 is 2.17 bits per heavy atom. The molecule has 0 bridgehead atoms. The predicted molar refractivity (Wildman–Crippen MR) is 147 cm³/mol. The van der Waals surface area contributed by atoms with E-state index < -0.39 is 16.1 Å². The number of amides is 2. The van der Waals surface area contributed by atoms with E-state index in [1.165, 1.54) is 4.31 Å². The Hall–Kier alpha value is -2.58. The largest absolute Gasteiger partial charge is 0.354 e. The van der Waals surface area contributed by atoms with Gasteiger partial charge in [0.15, 0.2) is 0 Å². The van der Waals surface area contributed by atoms with Crippen LogP contribution in [0.5, 0.6) is 0 Å². The average Bonchev–Trinajstić information content (AvgIpc) is 2.81. The molecule has 2 rings (SSSR count). The Morgan fingerprint density at radius 2 is 1.64 bits per heavy atom. The molecule has 0 fully saturated rings. The minimum Gasteiger partial charge on any atom is -0.354 e. The Bertz CT molecular complexity index is 1100. The summed E-state index contributed by atoms with van der Waals surface area (Å²) in [7, 11) is -3.55. The number of nitrogens with one attached hydrogen (secondary N) is 1. The average molecular weight is 536 g/mol. The first-order valence-corrected chi connectivity index (χ1v) is 14.5. The summed E-state index contributed by atoms with van der Waals surface area (Å²) in [6, 6.07) is 13.8. The molecule has 7 nitrogen and oxygen atoms in total. The van der Waals surface area contributed by atoms with E-state index in [0.29, 0.717) is 42.6 Å². The van der Waals surface area contributed by atoms with Crippen LogP contribution in [0.3, 0.4) is 0 Å². The number of aryl methyl sites for hydroxylation is 1. The van der Waals surface area contributed by atoms with Gasteiger partial charge in [-0.3, -0.25) is 13.9 Å². The van der Waals surface area contributed by atoms with Crippen molar-refractivity contribution in [1.29, 1.82) is 0 Å². The first-order chi connectivity index (χ1) is 16.9. The van der Waals surface area contributed by atoms with Crippen LogP contribution in [0.1, 0.15) is 51.2 Å². The number of nitrogens with zero attached hydrogens (tertiary/aromatic N) is 2. The van der Waals surface area contributed by atoms with Gasteiger partial charge in [-0.1, -0.05) is 62.2 Å². The fraction of sp³-hybridized carbons (Fsp3) is 0.481. The topological polar surface area (TPSA) is 86.8 Å². The first kappa shape index (κ1) is 29.6. The van der Waals surface area contributed by atoms with Crippen molar-refractivity contribution in [3.8, 4) is 0 Å². The molecule has 1 N–H and O–H groups in total. The van der Waals surface area contributed by atoms with Gasteiger partial charge in [0.05, 0.1) is 11.9 Å². The number of sulfonamides is 1. The molecular formula is C27H38ClN3O4S. The lowest BCUT2D eigenvalue weighted by atomic mass is 10.1. The van der Waals surface area contributed by atoms with E-state index in [1.54, 1.807) is 29.2 Å². The van der Waals surface area contributed by atoms with Crippen LogP contribution in [0.15, 0.2) is 48.5 Å². The highest BCUT2D eigenvalue weighted by molar-refractivity contribution is 7.92. The van der Waals surface area contributed by atoms with E-state index in [2.05, 4.69) is 5.32 Å². The molecule has 0 saturated carbocycles. The van der Waals surface area contributed by atoms with Gasteiger partial charge >= 0.3 is 0 Å². The number of hydrogen-bond donors (Lipinski definition) is 1. The quantitative estimate of drug-likeness (QED) is 0.400. The number of carbonyl (C=O) groups excluding carboxylic acids is 2. The van der Waals surface area contributed by atoms with Crippen molar-refractivity contribution in [1.82, 2.24) is 10.2 Å². The fourth-order valence-electron chi connectivity index (χ4n) is 3.84. The van der Waals surface area contributed by atoms with Crippen molar-refractivity contribution < 1.29 is 18.0 Å². The van der Waals surface area contributed by atoms with Crippen LogP contribution in [-0.4, -0.2) is 50.5 Å². The van der Waals surface area contributed by atoms with Crippen LogP contribution < -0.4 is 9.62 Å². The van der Waals surface area contributed by atoms with Crippen molar-refractivity contribution in [3.63, 3.8) is 0 Å². The van der Waals surface area contributed by atoms with Crippen molar-refractivity contribution >= 4 is 39.1 Å². The minimum atomic E-state index is -3.55. The second-order valence-corrected chi connectivity index (χ2v) is 11.8. The fourth-order valence-corrected chi connectivity index (χ4v) is 4.93.